The summed E-state index contributed by atoms with van der Waals surface area (Å²) >= 11 is 1.11. The second kappa shape index (κ2) is 7.53. The number of ether oxygens (including phenoxy) is 1. The van der Waals surface area contributed by atoms with Gasteiger partial charge in [0.15, 0.2) is 0 Å². The van der Waals surface area contributed by atoms with Gasteiger partial charge in [0.25, 0.3) is 10.0 Å². The number of sulfonamides is 1. The van der Waals surface area contributed by atoms with E-state index in [4.69, 9.17) is 4.74 Å². The molecule has 0 aliphatic carbocycles. The van der Waals surface area contributed by atoms with Crippen molar-refractivity contribution in [3.63, 3.8) is 0 Å². The summed E-state index contributed by atoms with van der Waals surface area (Å²) in [6, 6.07) is 6.67. The van der Waals surface area contributed by atoms with Crippen molar-refractivity contribution in [1.82, 2.24) is 14.6 Å². The minimum atomic E-state index is -3.63. The Morgan fingerprint density at radius 2 is 2.17 bits per heavy atom. The van der Waals surface area contributed by atoms with Gasteiger partial charge in [-0.15, -0.1) is 11.3 Å². The number of likely N-dealkylation sites (N-methyl/N-ethyl adjacent to an activating group) is 1. The zero-order valence-electron chi connectivity index (χ0n) is 12.7. The molecule has 0 saturated carbocycles. The van der Waals surface area contributed by atoms with Crippen LogP contribution in [0.2, 0.25) is 0 Å². The smallest absolute Gasteiger partial charge is 0.252 e. The number of hydrogen-bond donors (Lipinski definition) is 1. The van der Waals surface area contributed by atoms with Gasteiger partial charge in [-0.3, -0.25) is 4.79 Å². The number of pyridine rings is 1. The van der Waals surface area contributed by atoms with E-state index in [1.165, 1.54) is 20.2 Å². The van der Waals surface area contributed by atoms with E-state index in [2.05, 4.69) is 10.3 Å². The molecule has 1 amide bonds. The van der Waals surface area contributed by atoms with Crippen molar-refractivity contribution < 1.29 is 17.9 Å². The summed E-state index contributed by atoms with van der Waals surface area (Å²) in [5.74, 6) is 0.0194. The van der Waals surface area contributed by atoms with Crippen LogP contribution in [0.15, 0.2) is 40.1 Å². The van der Waals surface area contributed by atoms with Gasteiger partial charge in [-0.05, 0) is 17.5 Å². The molecule has 23 heavy (non-hydrogen) atoms. The number of hydrogen-bond acceptors (Lipinski definition) is 6. The first-order valence-electron chi connectivity index (χ1n) is 6.69. The van der Waals surface area contributed by atoms with Gasteiger partial charge >= 0.3 is 0 Å². The maximum absolute atomic E-state index is 12.2. The van der Waals surface area contributed by atoms with Gasteiger partial charge in [-0.2, -0.15) is 4.31 Å². The van der Waals surface area contributed by atoms with Crippen LogP contribution in [-0.2, 0) is 21.4 Å². The maximum atomic E-state index is 12.2. The summed E-state index contributed by atoms with van der Waals surface area (Å²) in [6.07, 6.45) is 1.59. The summed E-state index contributed by atoms with van der Waals surface area (Å²) in [5, 5.41) is 4.34. The number of nitrogens with one attached hydrogen (secondary N) is 1. The van der Waals surface area contributed by atoms with Crippen LogP contribution >= 0.6 is 11.3 Å². The van der Waals surface area contributed by atoms with Gasteiger partial charge in [0.2, 0.25) is 11.8 Å². The lowest BCUT2D eigenvalue weighted by atomic mass is 10.2. The van der Waals surface area contributed by atoms with Crippen molar-refractivity contribution >= 4 is 27.3 Å². The Bertz CT molecular complexity index is 760. The Hall–Kier alpha value is -1.97. The lowest BCUT2D eigenvalue weighted by molar-refractivity contribution is -0.121. The van der Waals surface area contributed by atoms with Crippen molar-refractivity contribution in [2.45, 2.75) is 10.8 Å². The average Bonchev–Trinajstić information content (AvgIpc) is 3.08. The highest BCUT2D eigenvalue weighted by Gasteiger charge is 2.23. The highest BCUT2D eigenvalue weighted by atomic mass is 32.2. The molecule has 9 heteroatoms. The fraction of sp³-hybridized carbons (Fsp3) is 0.286. The molecule has 0 aliphatic heterocycles. The molecule has 2 aromatic heterocycles. The normalized spacial score (nSPS) is 11.4. The van der Waals surface area contributed by atoms with Crippen LogP contribution in [0.3, 0.4) is 0 Å². The first kappa shape index (κ1) is 17.4. The molecule has 0 aromatic carbocycles. The third kappa shape index (κ3) is 4.27. The van der Waals surface area contributed by atoms with Crippen LogP contribution in [0.4, 0.5) is 0 Å². The molecule has 2 aromatic rings. The maximum Gasteiger partial charge on any atom is 0.252 e. The number of nitrogens with zero attached hydrogens (tertiary/aromatic N) is 2. The Kier molecular flexibility index (Phi) is 5.69. The average molecular weight is 355 g/mol. The van der Waals surface area contributed by atoms with Gasteiger partial charge in [0, 0.05) is 25.4 Å². The number of carbonyl (C=O) groups is 1. The van der Waals surface area contributed by atoms with E-state index < -0.39 is 15.9 Å². The SMILES string of the molecule is COc1ncccc1CNC(=O)CN(C)S(=O)(=O)c1cccs1. The zero-order valence-corrected chi connectivity index (χ0v) is 14.4. The fourth-order valence-electron chi connectivity index (χ4n) is 1.84. The number of carbonyl (C=O) groups excluding carboxylic acids is 1. The molecule has 0 bridgehead atoms. The molecule has 0 aliphatic rings. The highest BCUT2D eigenvalue weighted by molar-refractivity contribution is 7.91. The summed E-state index contributed by atoms with van der Waals surface area (Å²) < 4.78 is 30.8. The second-order valence-corrected chi connectivity index (χ2v) is 7.86. The van der Waals surface area contributed by atoms with Gasteiger partial charge in [0.1, 0.15) is 4.21 Å². The van der Waals surface area contributed by atoms with E-state index in [-0.39, 0.29) is 17.3 Å². The summed E-state index contributed by atoms with van der Waals surface area (Å²) in [4.78, 5) is 16.0. The van der Waals surface area contributed by atoms with Crippen molar-refractivity contribution in [2.24, 2.45) is 0 Å². The minimum absolute atomic E-state index is 0.210. The van der Waals surface area contributed by atoms with Crippen molar-refractivity contribution in [3.05, 3.63) is 41.4 Å². The van der Waals surface area contributed by atoms with Crippen LogP contribution in [0.1, 0.15) is 5.56 Å². The van der Waals surface area contributed by atoms with E-state index in [1.807, 2.05) is 0 Å². The topological polar surface area (TPSA) is 88.6 Å². The third-order valence-electron chi connectivity index (χ3n) is 3.05. The minimum Gasteiger partial charge on any atom is -0.481 e. The number of aromatic nitrogens is 1. The first-order valence-corrected chi connectivity index (χ1v) is 9.01. The number of rotatable bonds is 7. The molecule has 7 nitrogen and oxygen atoms in total. The van der Waals surface area contributed by atoms with E-state index >= 15 is 0 Å². The molecule has 2 rings (SSSR count). The first-order chi connectivity index (χ1) is 10.9. The van der Waals surface area contributed by atoms with E-state index in [0.717, 1.165) is 15.6 Å². The predicted octanol–water partition coefficient (Wildman–Crippen LogP) is 1.09. The zero-order chi connectivity index (χ0) is 16.9. The summed E-state index contributed by atoms with van der Waals surface area (Å²) in [6.45, 7) is -0.0501. The van der Waals surface area contributed by atoms with E-state index in [9.17, 15) is 13.2 Å². The predicted molar refractivity (Wildman–Crippen MR) is 86.8 cm³/mol. The van der Waals surface area contributed by atoms with Crippen LogP contribution < -0.4 is 10.1 Å². The largest absolute Gasteiger partial charge is 0.481 e. The van der Waals surface area contributed by atoms with E-state index in [1.54, 1.807) is 29.8 Å². The quantitative estimate of drug-likeness (QED) is 0.803. The molecular weight excluding hydrogens is 338 g/mol. The third-order valence-corrected chi connectivity index (χ3v) is 6.22. The molecule has 1 N–H and O–H groups in total. The molecule has 2 heterocycles. The second-order valence-electron chi connectivity index (χ2n) is 4.64. The Labute approximate surface area is 139 Å². The number of amides is 1. The monoisotopic (exact) mass is 355 g/mol. The van der Waals surface area contributed by atoms with Gasteiger partial charge in [-0.1, -0.05) is 12.1 Å². The van der Waals surface area contributed by atoms with Crippen LogP contribution in [0.5, 0.6) is 5.88 Å². The fourth-order valence-corrected chi connectivity index (χ4v) is 4.17. The molecule has 0 radical (unpaired) electrons. The lowest BCUT2D eigenvalue weighted by Gasteiger charge is -2.16. The van der Waals surface area contributed by atoms with Gasteiger partial charge in [-0.25, -0.2) is 13.4 Å². The molecule has 0 unspecified atom stereocenters. The lowest BCUT2D eigenvalue weighted by Crippen LogP contribution is -2.37. The molecule has 124 valence electrons. The van der Waals surface area contributed by atoms with Crippen LogP contribution in [0.25, 0.3) is 0 Å². The number of methoxy groups -OCH3 is 1. The van der Waals surface area contributed by atoms with Crippen LogP contribution in [-0.4, -0.2) is 44.3 Å². The van der Waals surface area contributed by atoms with Crippen LogP contribution in [0, 0.1) is 0 Å². The molecular formula is C14H17N3O4S2. The van der Waals surface area contributed by atoms with Crippen molar-refractivity contribution in [3.8, 4) is 5.88 Å². The van der Waals surface area contributed by atoms with Gasteiger partial charge < -0.3 is 10.1 Å². The summed E-state index contributed by atoms with van der Waals surface area (Å²) in [5.41, 5.74) is 0.715. The Balaban J connectivity index is 1.95. The van der Waals surface area contributed by atoms with Crippen molar-refractivity contribution in [1.29, 1.82) is 0 Å². The molecule has 0 spiro atoms. The molecule has 0 fully saturated rings. The standard InChI is InChI=1S/C14H17N3O4S2/c1-17(23(19,20)13-6-4-8-22-13)10-12(18)16-9-11-5-3-7-15-14(11)21-2/h3-8H,9-10H2,1-2H3,(H,16,18). The highest BCUT2D eigenvalue weighted by Crippen LogP contribution is 2.19. The molecule has 0 atom stereocenters. The van der Waals surface area contributed by atoms with E-state index in [0.29, 0.717) is 11.4 Å². The Morgan fingerprint density at radius 1 is 1.39 bits per heavy atom. The number of thiophene rings is 1. The Morgan fingerprint density at radius 3 is 2.83 bits per heavy atom. The van der Waals surface area contributed by atoms with Gasteiger partial charge in [0.05, 0.1) is 13.7 Å². The summed E-state index contributed by atoms with van der Waals surface area (Å²) in [7, 11) is -0.763. The van der Waals surface area contributed by atoms with Crippen molar-refractivity contribution in [2.75, 3.05) is 20.7 Å². The molecule has 0 saturated heterocycles.